The second-order valence-electron chi connectivity index (χ2n) is 35.6. The first-order valence-corrected chi connectivity index (χ1v) is 44.3. The van der Waals surface area contributed by atoms with E-state index in [0.717, 1.165) is 12.8 Å². The van der Waals surface area contributed by atoms with Crippen LogP contribution in [-0.4, -0.2) is 22.7 Å². The summed E-state index contributed by atoms with van der Waals surface area (Å²) in [5, 5.41) is 14.5. The summed E-state index contributed by atoms with van der Waals surface area (Å²) in [6.45, 7) is 31.6. The van der Waals surface area contributed by atoms with Crippen molar-refractivity contribution in [1.29, 1.82) is 0 Å². The summed E-state index contributed by atoms with van der Waals surface area (Å²) in [6, 6.07) is 105. The Labute approximate surface area is 730 Å². The van der Waals surface area contributed by atoms with Gasteiger partial charge in [-0.3, -0.25) is 0 Å². The topological polar surface area (TPSA) is 43.2 Å². The molecule has 10 heteroatoms. The van der Waals surface area contributed by atoms with E-state index in [4.69, 9.17) is 0 Å². The molecule has 0 atom stereocenters. The van der Waals surface area contributed by atoms with Crippen LogP contribution >= 0.6 is 0 Å². The number of rotatable bonds is 11. The summed E-state index contributed by atoms with van der Waals surface area (Å²) < 4.78 is 23.2. The van der Waals surface area contributed by atoms with Crippen LogP contribution in [-0.2, 0) is 48.1 Å². The molecule has 0 aliphatic carbocycles. The van der Waals surface area contributed by atoms with E-state index in [2.05, 4.69) is 494 Å². The Balaban J connectivity index is 0.000000112. The number of hydrogen-bond donors (Lipinski definition) is 0. The van der Waals surface area contributed by atoms with Crippen molar-refractivity contribution < 1.29 is 22.9 Å². The molecule has 8 aromatic heterocycles. The minimum absolute atomic E-state index is 0.456. The smallest absolute Gasteiger partial charge is 0.232 e. The van der Waals surface area contributed by atoms with Crippen molar-refractivity contribution in [2.45, 2.75) is 122 Å². The number of benzene rings is 13. The van der Waals surface area contributed by atoms with Crippen molar-refractivity contribution in [2.75, 3.05) is 0 Å². The minimum atomic E-state index is 0.456. The van der Waals surface area contributed by atoms with Gasteiger partial charge in [0.25, 0.3) is 16.9 Å². The zero-order valence-corrected chi connectivity index (χ0v) is 75.7. The highest BCUT2D eigenvalue weighted by Crippen LogP contribution is 2.42. The van der Waals surface area contributed by atoms with Crippen LogP contribution in [0.5, 0.6) is 0 Å². The normalized spacial score (nSPS) is 11.7. The lowest BCUT2D eigenvalue weighted by Gasteiger charge is -2.18. The van der Waals surface area contributed by atoms with Crippen LogP contribution in [0.3, 0.4) is 0 Å². The third-order valence-electron chi connectivity index (χ3n) is 25.3. The van der Waals surface area contributed by atoms with Crippen molar-refractivity contribution in [3.8, 4) is 45.1 Å². The quantitative estimate of drug-likeness (QED) is 0.0915. The molecule has 0 amide bonds. The zero-order valence-electron chi connectivity index (χ0n) is 75.7. The number of fused-ring (bicyclic) bond motifs is 20. The Morgan fingerprint density at radius 1 is 0.315 bits per heavy atom. The van der Waals surface area contributed by atoms with Crippen LogP contribution in [0, 0.1) is 53.4 Å². The maximum Gasteiger partial charge on any atom is 0.295 e. The summed E-state index contributed by atoms with van der Waals surface area (Å²) in [5.74, 6) is 2.13. The second kappa shape index (κ2) is 34.4. The first-order valence-electron chi connectivity index (χ1n) is 44.3. The fourth-order valence-corrected chi connectivity index (χ4v) is 19.7. The number of imidazole rings is 3. The largest absolute Gasteiger partial charge is 0.295 e. The third kappa shape index (κ3) is 14.9. The van der Waals surface area contributed by atoms with Gasteiger partial charge in [0.2, 0.25) is 11.9 Å². The number of para-hydroxylation sites is 7. The van der Waals surface area contributed by atoms with Gasteiger partial charge >= 0.3 is 0 Å². The molecule has 124 heavy (non-hydrogen) atoms. The van der Waals surface area contributed by atoms with Crippen molar-refractivity contribution in [1.82, 2.24) is 22.7 Å². The molecule has 21 rings (SSSR count). The SMILES string of the molecule is Cc1cccc2c3ccccc3[n+]3cc(C)n(C)c3c12.Cc1cccc2c3ccccc3n3c(-c4c(C(C)C)cccc4C(C)C)c[n+](C)c3c12.Cc1cccc2c3ccccc3n3c(-c4c(CC(C)C)cccc4CC(C)C)c[n+](C)c3c12.Cc1ccccc1-n1c2ccccc2c(-c2ccccc2)[n+]1C.Cc1ccccc1-n1c2ccccc2c[n+]1C. The molecule has 0 unspecified atom stereocenters. The summed E-state index contributed by atoms with van der Waals surface area (Å²) in [5.41, 5.74) is 33.9. The molecule has 0 saturated carbocycles. The van der Waals surface area contributed by atoms with Crippen LogP contribution < -0.4 is 22.9 Å². The summed E-state index contributed by atoms with van der Waals surface area (Å²) in [6.07, 6.45) is 11.2. The van der Waals surface area contributed by atoms with Gasteiger partial charge in [0.1, 0.15) is 63.2 Å². The standard InChI is InChI=1S/C31H35N2.C29H31N2.C21H19N2.C18H17N2.C15H15N2/c1-20(2)17-23-12-10-13-24(18-21(3)4)30(23)28-19-32(6)31-29-22(5)11-9-15-26(29)25-14-7-8-16-27(25)33(28)31;1-18(2)21-13-10-14-22(19(3)4)28(21)26-17-30(6)29-27-20(5)11-9-15-24(27)23-12-7-8-16-25(23)31(26)29;1-16-10-6-8-14-19(16)23-20-15-9-7-13-18(20)21(22(23)2)17-11-4-3-5-12-17;1-12-7-6-9-15-14-8-4-5-10-16(14)20-11-13(2)19(3)18(20)17(12)15;1-12-7-3-5-9-14(12)17-15-10-6-4-8-13(15)11-16(17)2/h7-16,19-21H,17-18H2,1-6H3;7-19H,1-6H3;3-15H,1-2H3;4-11H,1-3H3;3-11H,1-2H3/q5*+1. The van der Waals surface area contributed by atoms with Crippen LogP contribution in [0.1, 0.15) is 123 Å². The van der Waals surface area contributed by atoms with Gasteiger partial charge in [-0.15, -0.1) is 18.7 Å². The highest BCUT2D eigenvalue weighted by molar-refractivity contribution is 6.15. The number of aromatic nitrogens is 10. The van der Waals surface area contributed by atoms with Gasteiger partial charge in [-0.05, 0) is 188 Å². The summed E-state index contributed by atoms with van der Waals surface area (Å²) in [7, 11) is 10.7. The molecule has 21 aromatic rings. The summed E-state index contributed by atoms with van der Waals surface area (Å²) in [4.78, 5) is 0. The highest BCUT2D eigenvalue weighted by atomic mass is 15.4. The molecule has 0 bridgehead atoms. The average Bonchev–Trinajstić information content (AvgIpc) is 1.53. The molecule has 0 aliphatic heterocycles. The van der Waals surface area contributed by atoms with Crippen LogP contribution in [0.2, 0.25) is 0 Å². The van der Waals surface area contributed by atoms with Crippen molar-refractivity contribution in [2.24, 2.45) is 47.1 Å². The van der Waals surface area contributed by atoms with Gasteiger partial charge in [0.15, 0.2) is 25.5 Å². The van der Waals surface area contributed by atoms with E-state index >= 15 is 0 Å². The van der Waals surface area contributed by atoms with Gasteiger partial charge in [-0.1, -0.05) is 280 Å². The molecule has 13 aromatic carbocycles. The van der Waals surface area contributed by atoms with E-state index in [1.165, 1.54) is 205 Å². The van der Waals surface area contributed by atoms with Gasteiger partial charge in [-0.25, -0.2) is 13.7 Å². The highest BCUT2D eigenvalue weighted by Gasteiger charge is 2.32. The Kier molecular flexibility index (Phi) is 22.9. The number of pyridine rings is 3. The average molecular weight is 1630 g/mol. The maximum atomic E-state index is 2.52. The molecule has 618 valence electrons. The lowest BCUT2D eigenvalue weighted by atomic mass is 9.87. The van der Waals surface area contributed by atoms with Crippen molar-refractivity contribution in [3.05, 3.63) is 372 Å². The van der Waals surface area contributed by atoms with E-state index < -0.39 is 0 Å². The maximum absolute atomic E-state index is 2.52. The van der Waals surface area contributed by atoms with E-state index in [1.807, 2.05) is 0 Å². The lowest BCUT2D eigenvalue weighted by Crippen LogP contribution is -2.39. The third-order valence-corrected chi connectivity index (χ3v) is 25.3. The molecule has 0 radical (unpaired) electrons. The molecular weight excluding hydrogens is 1510 g/mol. The van der Waals surface area contributed by atoms with E-state index in [-0.39, 0.29) is 0 Å². The molecule has 0 spiro atoms. The Hall–Kier alpha value is -13.6. The van der Waals surface area contributed by atoms with Crippen molar-refractivity contribution >= 4 is 104 Å². The van der Waals surface area contributed by atoms with E-state index in [9.17, 15) is 0 Å². The van der Waals surface area contributed by atoms with Gasteiger partial charge in [0.05, 0.1) is 48.1 Å². The van der Waals surface area contributed by atoms with Gasteiger partial charge in [-0.2, -0.15) is 13.2 Å². The second-order valence-corrected chi connectivity index (χ2v) is 35.6. The van der Waals surface area contributed by atoms with E-state index in [1.54, 1.807) is 0 Å². The zero-order chi connectivity index (χ0) is 86.6. The minimum Gasteiger partial charge on any atom is -0.232 e. The van der Waals surface area contributed by atoms with Gasteiger partial charge < -0.3 is 0 Å². The molecule has 0 N–H and O–H groups in total. The first kappa shape index (κ1) is 82.7. The van der Waals surface area contributed by atoms with E-state index in [0.29, 0.717) is 23.7 Å². The molecule has 10 nitrogen and oxygen atoms in total. The molecule has 8 heterocycles. The van der Waals surface area contributed by atoms with Crippen LogP contribution in [0.4, 0.5) is 0 Å². The molecule has 0 saturated heterocycles. The molecule has 0 fully saturated rings. The fraction of sp³-hybridized carbons (Fsp3) is 0.219. The lowest BCUT2D eigenvalue weighted by molar-refractivity contribution is -0.741. The number of aryl methyl sites for hydroxylation is 10. The molecule has 0 aliphatic rings. The van der Waals surface area contributed by atoms with Crippen LogP contribution in [0.25, 0.3) is 149 Å². The number of nitrogens with zero attached hydrogens (tertiary/aromatic N) is 10. The number of hydrogen-bond acceptors (Lipinski definition) is 0. The first-order chi connectivity index (χ1) is 60.0. The Morgan fingerprint density at radius 2 is 0.710 bits per heavy atom. The Morgan fingerprint density at radius 3 is 1.23 bits per heavy atom. The van der Waals surface area contributed by atoms with Crippen LogP contribution in [0.15, 0.2) is 316 Å². The van der Waals surface area contributed by atoms with Gasteiger partial charge in [0, 0.05) is 55.9 Å². The molecular formula is C114H117N10+5. The Bertz CT molecular complexity index is 7580. The predicted molar refractivity (Wildman–Crippen MR) is 520 cm³/mol. The predicted octanol–water partition coefficient (Wildman–Crippen LogP) is 25.6. The fourth-order valence-electron chi connectivity index (χ4n) is 19.7. The monoisotopic (exact) mass is 1630 g/mol. The summed E-state index contributed by atoms with van der Waals surface area (Å²) >= 11 is 0. The van der Waals surface area contributed by atoms with Crippen molar-refractivity contribution in [3.63, 3.8) is 0 Å².